The number of nitrogens with zero attached hydrogens (tertiary/aromatic N) is 4. The highest BCUT2D eigenvalue weighted by atomic mass is 32.2. The van der Waals surface area contributed by atoms with Crippen molar-refractivity contribution in [2.24, 2.45) is 5.92 Å². The third-order valence-electron chi connectivity index (χ3n) is 5.69. The van der Waals surface area contributed by atoms with Crippen LogP contribution in [-0.2, 0) is 14.3 Å². The van der Waals surface area contributed by atoms with Gasteiger partial charge in [-0.2, -0.15) is 0 Å². The number of rotatable bonds is 8. The Morgan fingerprint density at radius 1 is 1.23 bits per heavy atom. The van der Waals surface area contributed by atoms with Crippen molar-refractivity contribution >= 4 is 17.7 Å². The minimum absolute atomic E-state index is 0.00984. The number of aryl methyl sites for hydroxylation is 1. The van der Waals surface area contributed by atoms with E-state index in [2.05, 4.69) is 39.5 Å². The van der Waals surface area contributed by atoms with Crippen LogP contribution in [0.15, 0.2) is 35.7 Å². The van der Waals surface area contributed by atoms with E-state index < -0.39 is 0 Å². The number of morpholine rings is 1. The maximum Gasteiger partial charge on any atom is 0.230 e. The molecule has 2 saturated heterocycles. The summed E-state index contributed by atoms with van der Waals surface area (Å²) in [6, 6.07) is 8.45. The van der Waals surface area contributed by atoms with Gasteiger partial charge in [-0.05, 0) is 25.5 Å². The Hall–Kier alpha value is -1.94. The molecule has 30 heavy (non-hydrogen) atoms. The minimum Gasteiger partial charge on any atom is -0.381 e. The quantitative estimate of drug-likeness (QED) is 0.635. The molecule has 2 aliphatic rings. The summed E-state index contributed by atoms with van der Waals surface area (Å²) in [5, 5.41) is 12.0. The van der Waals surface area contributed by atoms with Gasteiger partial charge in [0.25, 0.3) is 0 Å². The number of carbonyl (C=O) groups excluding carboxylic acids is 1. The van der Waals surface area contributed by atoms with Crippen molar-refractivity contribution in [3.63, 3.8) is 0 Å². The molecule has 2 atom stereocenters. The summed E-state index contributed by atoms with van der Waals surface area (Å²) in [6.07, 6.45) is 2.73. The first kappa shape index (κ1) is 21.3. The first-order valence-electron chi connectivity index (χ1n) is 10.5. The second kappa shape index (κ2) is 10.4. The topological polar surface area (TPSA) is 81.5 Å². The molecule has 3 heterocycles. The Morgan fingerprint density at radius 3 is 2.77 bits per heavy atom. The van der Waals surface area contributed by atoms with Crippen LogP contribution >= 0.6 is 11.8 Å². The lowest BCUT2D eigenvalue weighted by Crippen LogP contribution is -2.52. The number of thioether (sulfide) groups is 1. The smallest absolute Gasteiger partial charge is 0.230 e. The van der Waals surface area contributed by atoms with E-state index in [1.54, 1.807) is 6.33 Å². The highest BCUT2D eigenvalue weighted by Gasteiger charge is 2.31. The van der Waals surface area contributed by atoms with E-state index in [0.717, 1.165) is 51.6 Å². The van der Waals surface area contributed by atoms with Crippen LogP contribution in [0.25, 0.3) is 5.69 Å². The number of hydrogen-bond acceptors (Lipinski definition) is 7. The Kier molecular flexibility index (Phi) is 7.37. The standard InChI is InChI=1S/C21H29N5O3S/c1-16-2-4-18(5-3-16)26-15-23-24-21(26)30-14-20(27)22-12-19(17-6-9-29-13-17)25-7-10-28-11-8-25/h2-5,15,17,19H,6-14H2,1H3,(H,22,27). The zero-order chi connectivity index (χ0) is 20.8. The van der Waals surface area contributed by atoms with E-state index in [-0.39, 0.29) is 5.91 Å². The van der Waals surface area contributed by atoms with Gasteiger partial charge in [0, 0.05) is 43.9 Å². The van der Waals surface area contributed by atoms with Crippen LogP contribution in [0.5, 0.6) is 0 Å². The highest BCUT2D eigenvalue weighted by molar-refractivity contribution is 7.99. The molecular formula is C21H29N5O3S. The van der Waals surface area contributed by atoms with Crippen LogP contribution in [0.4, 0.5) is 0 Å². The van der Waals surface area contributed by atoms with Crippen LogP contribution in [0, 0.1) is 12.8 Å². The van der Waals surface area contributed by atoms with Gasteiger partial charge in [-0.1, -0.05) is 29.5 Å². The molecule has 2 unspecified atom stereocenters. The fraction of sp³-hybridized carbons (Fsp3) is 0.571. The van der Waals surface area contributed by atoms with Gasteiger partial charge in [0.1, 0.15) is 6.33 Å². The largest absolute Gasteiger partial charge is 0.381 e. The number of ether oxygens (including phenoxy) is 2. The van der Waals surface area contributed by atoms with Gasteiger partial charge in [-0.25, -0.2) is 0 Å². The first-order chi connectivity index (χ1) is 14.7. The summed E-state index contributed by atoms with van der Waals surface area (Å²) in [4.78, 5) is 15.0. The highest BCUT2D eigenvalue weighted by Crippen LogP contribution is 2.22. The molecule has 2 aromatic rings. The minimum atomic E-state index is 0.00984. The fourth-order valence-corrected chi connectivity index (χ4v) is 4.72. The summed E-state index contributed by atoms with van der Waals surface area (Å²) in [6.45, 7) is 7.59. The molecule has 1 amide bonds. The van der Waals surface area contributed by atoms with Crippen molar-refractivity contribution in [2.75, 3.05) is 51.8 Å². The number of nitrogens with one attached hydrogen (secondary N) is 1. The molecule has 9 heteroatoms. The first-order valence-corrected chi connectivity index (χ1v) is 11.5. The molecule has 4 rings (SSSR count). The van der Waals surface area contributed by atoms with Crippen molar-refractivity contribution in [3.05, 3.63) is 36.2 Å². The van der Waals surface area contributed by atoms with E-state index in [1.165, 1.54) is 17.3 Å². The van der Waals surface area contributed by atoms with Crippen molar-refractivity contribution in [3.8, 4) is 5.69 Å². The number of benzene rings is 1. The van der Waals surface area contributed by atoms with Gasteiger partial charge < -0.3 is 14.8 Å². The molecule has 0 bridgehead atoms. The van der Waals surface area contributed by atoms with E-state index in [9.17, 15) is 4.79 Å². The summed E-state index contributed by atoms with van der Waals surface area (Å²) < 4.78 is 13.0. The van der Waals surface area contributed by atoms with Gasteiger partial charge in [-0.3, -0.25) is 14.3 Å². The number of amides is 1. The van der Waals surface area contributed by atoms with Crippen molar-refractivity contribution in [1.29, 1.82) is 0 Å². The van der Waals surface area contributed by atoms with E-state index in [4.69, 9.17) is 9.47 Å². The van der Waals surface area contributed by atoms with E-state index in [0.29, 0.717) is 29.4 Å². The van der Waals surface area contributed by atoms with Gasteiger partial charge in [0.05, 0.1) is 25.6 Å². The number of hydrogen-bond donors (Lipinski definition) is 1. The van der Waals surface area contributed by atoms with Crippen LogP contribution in [0.2, 0.25) is 0 Å². The van der Waals surface area contributed by atoms with Crippen LogP contribution in [-0.4, -0.2) is 83.4 Å². The Labute approximate surface area is 181 Å². The van der Waals surface area contributed by atoms with Crippen LogP contribution < -0.4 is 5.32 Å². The average molecular weight is 432 g/mol. The normalized spacial score (nSPS) is 20.9. The molecule has 162 valence electrons. The molecule has 1 aromatic carbocycles. The zero-order valence-electron chi connectivity index (χ0n) is 17.3. The van der Waals surface area contributed by atoms with E-state index in [1.807, 2.05) is 16.7 Å². The van der Waals surface area contributed by atoms with Crippen LogP contribution in [0.3, 0.4) is 0 Å². The Bertz CT molecular complexity index is 816. The molecule has 0 radical (unpaired) electrons. The molecule has 2 aliphatic heterocycles. The van der Waals surface area contributed by atoms with Crippen molar-refractivity contribution in [2.45, 2.75) is 24.5 Å². The lowest BCUT2D eigenvalue weighted by molar-refractivity contribution is -0.119. The molecular weight excluding hydrogens is 402 g/mol. The second-order valence-electron chi connectivity index (χ2n) is 7.75. The Balaban J connectivity index is 1.31. The maximum atomic E-state index is 12.6. The summed E-state index contributed by atoms with van der Waals surface area (Å²) in [5.41, 5.74) is 2.19. The van der Waals surface area contributed by atoms with Crippen molar-refractivity contribution < 1.29 is 14.3 Å². The van der Waals surface area contributed by atoms with Gasteiger partial charge in [0.2, 0.25) is 5.91 Å². The number of aromatic nitrogens is 3. The van der Waals surface area contributed by atoms with Crippen LogP contribution in [0.1, 0.15) is 12.0 Å². The Morgan fingerprint density at radius 2 is 2.03 bits per heavy atom. The fourth-order valence-electron chi connectivity index (χ4n) is 3.96. The monoisotopic (exact) mass is 431 g/mol. The van der Waals surface area contributed by atoms with E-state index >= 15 is 0 Å². The average Bonchev–Trinajstić information content (AvgIpc) is 3.46. The third kappa shape index (κ3) is 5.40. The lowest BCUT2D eigenvalue weighted by Gasteiger charge is -2.37. The van der Waals surface area contributed by atoms with Gasteiger partial charge in [0.15, 0.2) is 5.16 Å². The molecule has 2 fully saturated rings. The van der Waals surface area contributed by atoms with Gasteiger partial charge in [-0.15, -0.1) is 10.2 Å². The number of carbonyl (C=O) groups is 1. The molecule has 1 N–H and O–H groups in total. The van der Waals surface area contributed by atoms with Gasteiger partial charge >= 0.3 is 0 Å². The molecule has 8 nitrogen and oxygen atoms in total. The SMILES string of the molecule is Cc1ccc(-n2cnnc2SCC(=O)NCC(C2CCOC2)N2CCOCC2)cc1. The lowest BCUT2D eigenvalue weighted by atomic mass is 9.97. The second-order valence-corrected chi connectivity index (χ2v) is 8.69. The molecule has 1 aromatic heterocycles. The molecule has 0 saturated carbocycles. The van der Waals surface area contributed by atoms with Crippen molar-refractivity contribution in [1.82, 2.24) is 25.0 Å². The third-order valence-corrected chi connectivity index (χ3v) is 6.64. The predicted molar refractivity (Wildman–Crippen MR) is 115 cm³/mol. The molecule has 0 aliphatic carbocycles. The predicted octanol–water partition coefficient (Wildman–Crippen LogP) is 1.52. The summed E-state index contributed by atoms with van der Waals surface area (Å²) in [7, 11) is 0. The summed E-state index contributed by atoms with van der Waals surface area (Å²) in [5.74, 6) is 0.776. The maximum absolute atomic E-state index is 12.6. The summed E-state index contributed by atoms with van der Waals surface area (Å²) >= 11 is 1.40. The molecule has 0 spiro atoms. The zero-order valence-corrected chi connectivity index (χ0v) is 18.1.